The normalized spacial score (nSPS) is 13.1. The predicted octanol–water partition coefficient (Wildman–Crippen LogP) is 4.09. The number of nitrogens with two attached hydrogens (primary N) is 1. The van der Waals surface area contributed by atoms with Gasteiger partial charge in [0.25, 0.3) is 0 Å². The first-order chi connectivity index (χ1) is 9.63. The van der Waals surface area contributed by atoms with Crippen LogP contribution < -0.4 is 20.5 Å². The molecule has 3 rings (SSSR count). The van der Waals surface area contributed by atoms with Crippen molar-refractivity contribution in [2.45, 2.75) is 0 Å². The summed E-state index contributed by atoms with van der Waals surface area (Å²) in [5, 5.41) is 4.17. The van der Waals surface area contributed by atoms with Crippen LogP contribution in [0.1, 0.15) is 0 Å². The Balaban J connectivity index is 1.92. The Hall–Kier alpha value is -1.78. The summed E-state index contributed by atoms with van der Waals surface area (Å²) in [5.41, 5.74) is 8.10. The Morgan fingerprint density at radius 1 is 0.950 bits per heavy atom. The van der Waals surface area contributed by atoms with Crippen molar-refractivity contribution in [3.05, 3.63) is 40.4 Å². The average molecular weight is 311 g/mol. The molecule has 1 aliphatic heterocycles. The molecule has 2 aromatic carbocycles. The van der Waals surface area contributed by atoms with Crippen LogP contribution in [0.2, 0.25) is 10.0 Å². The maximum absolute atomic E-state index is 6.00. The minimum absolute atomic E-state index is 0.479. The summed E-state index contributed by atoms with van der Waals surface area (Å²) < 4.78 is 11.0. The van der Waals surface area contributed by atoms with Gasteiger partial charge in [0, 0.05) is 17.8 Å². The van der Waals surface area contributed by atoms with E-state index in [1.54, 1.807) is 18.2 Å². The van der Waals surface area contributed by atoms with Gasteiger partial charge in [-0.15, -0.1) is 0 Å². The number of ether oxygens (including phenoxy) is 2. The van der Waals surface area contributed by atoms with E-state index in [2.05, 4.69) is 5.32 Å². The molecule has 0 spiro atoms. The number of anilines is 3. The fourth-order valence-electron chi connectivity index (χ4n) is 1.94. The van der Waals surface area contributed by atoms with Gasteiger partial charge in [-0.25, -0.2) is 0 Å². The molecule has 1 heterocycles. The number of halogens is 2. The number of nitrogens with one attached hydrogen (secondary N) is 1. The van der Waals surface area contributed by atoms with Crippen molar-refractivity contribution >= 4 is 40.3 Å². The van der Waals surface area contributed by atoms with Gasteiger partial charge < -0.3 is 20.5 Å². The van der Waals surface area contributed by atoms with Crippen LogP contribution >= 0.6 is 23.2 Å². The molecule has 0 bridgehead atoms. The number of hydrogen-bond acceptors (Lipinski definition) is 4. The maximum Gasteiger partial charge on any atom is 0.163 e. The summed E-state index contributed by atoms with van der Waals surface area (Å²) in [6.45, 7) is 1.06. The molecule has 6 heteroatoms. The second-order valence-electron chi connectivity index (χ2n) is 4.34. The first-order valence-corrected chi connectivity index (χ1v) is 6.80. The highest BCUT2D eigenvalue weighted by atomic mass is 35.5. The first kappa shape index (κ1) is 13.2. The van der Waals surface area contributed by atoms with E-state index in [4.69, 9.17) is 38.4 Å². The van der Waals surface area contributed by atoms with Gasteiger partial charge in [-0.2, -0.15) is 0 Å². The molecule has 0 aliphatic carbocycles. The zero-order chi connectivity index (χ0) is 14.1. The molecule has 0 aromatic heterocycles. The van der Waals surface area contributed by atoms with Crippen LogP contribution in [0.3, 0.4) is 0 Å². The third-order valence-corrected chi connectivity index (χ3v) is 3.65. The summed E-state index contributed by atoms with van der Waals surface area (Å²) >= 11 is 11.9. The Labute approximate surface area is 126 Å². The van der Waals surface area contributed by atoms with E-state index in [-0.39, 0.29) is 0 Å². The van der Waals surface area contributed by atoms with Gasteiger partial charge in [-0.3, -0.25) is 0 Å². The summed E-state index contributed by atoms with van der Waals surface area (Å²) in [5.74, 6) is 1.33. The Bertz CT molecular complexity index is 662. The van der Waals surface area contributed by atoms with Crippen LogP contribution in [0.25, 0.3) is 0 Å². The third-order valence-electron chi connectivity index (χ3n) is 2.91. The molecule has 2 aromatic rings. The minimum Gasteiger partial charge on any atom is -0.486 e. The molecule has 0 saturated heterocycles. The van der Waals surface area contributed by atoms with E-state index < -0.39 is 0 Å². The first-order valence-electron chi connectivity index (χ1n) is 6.04. The largest absolute Gasteiger partial charge is 0.486 e. The fourth-order valence-corrected chi connectivity index (χ4v) is 2.24. The van der Waals surface area contributed by atoms with Crippen molar-refractivity contribution in [3.8, 4) is 11.5 Å². The quantitative estimate of drug-likeness (QED) is 0.820. The SMILES string of the molecule is Nc1cc2c(cc1Nc1ccc(Cl)c(Cl)c1)OCCO2. The van der Waals surface area contributed by atoms with Crippen molar-refractivity contribution in [1.82, 2.24) is 0 Å². The molecule has 3 N–H and O–H groups in total. The van der Waals surface area contributed by atoms with Crippen molar-refractivity contribution in [2.75, 3.05) is 24.3 Å². The van der Waals surface area contributed by atoms with Gasteiger partial charge in [0.1, 0.15) is 13.2 Å². The average Bonchev–Trinajstić information content (AvgIpc) is 2.44. The van der Waals surface area contributed by atoms with Crippen molar-refractivity contribution in [2.24, 2.45) is 0 Å². The second kappa shape index (κ2) is 5.31. The molecule has 20 heavy (non-hydrogen) atoms. The van der Waals surface area contributed by atoms with Gasteiger partial charge in [-0.1, -0.05) is 23.2 Å². The van der Waals surface area contributed by atoms with Gasteiger partial charge in [0.05, 0.1) is 21.4 Å². The molecular weight excluding hydrogens is 299 g/mol. The highest BCUT2D eigenvalue weighted by Gasteiger charge is 2.14. The van der Waals surface area contributed by atoms with Crippen LogP contribution in [0.5, 0.6) is 11.5 Å². The summed E-state index contributed by atoms with van der Waals surface area (Å²) in [7, 11) is 0. The monoisotopic (exact) mass is 310 g/mol. The predicted molar refractivity (Wildman–Crippen MR) is 81.6 cm³/mol. The van der Waals surface area contributed by atoms with Crippen LogP contribution in [0, 0.1) is 0 Å². The standard InChI is InChI=1S/C14H12Cl2N2O2/c15-9-2-1-8(5-10(9)16)18-12-7-14-13(6-11(12)17)19-3-4-20-14/h1-2,5-7,18H,3-4,17H2. The van der Waals surface area contributed by atoms with Crippen molar-refractivity contribution < 1.29 is 9.47 Å². The topological polar surface area (TPSA) is 56.5 Å². The van der Waals surface area contributed by atoms with E-state index in [0.717, 1.165) is 11.4 Å². The molecule has 0 atom stereocenters. The number of rotatable bonds is 2. The smallest absolute Gasteiger partial charge is 0.163 e. The maximum atomic E-state index is 6.00. The van der Waals surface area contributed by atoms with Gasteiger partial charge in [-0.05, 0) is 18.2 Å². The summed E-state index contributed by atoms with van der Waals surface area (Å²) in [6, 6.07) is 8.84. The van der Waals surface area contributed by atoms with Gasteiger partial charge in [0.2, 0.25) is 0 Å². The van der Waals surface area contributed by atoms with Crippen LogP contribution in [0.4, 0.5) is 17.1 Å². The lowest BCUT2D eigenvalue weighted by Gasteiger charge is -2.20. The molecule has 0 radical (unpaired) electrons. The van der Waals surface area contributed by atoms with E-state index in [0.29, 0.717) is 40.4 Å². The van der Waals surface area contributed by atoms with Crippen LogP contribution in [0.15, 0.2) is 30.3 Å². The lowest BCUT2D eigenvalue weighted by atomic mass is 10.2. The molecule has 0 unspecified atom stereocenters. The number of benzene rings is 2. The summed E-state index contributed by atoms with van der Waals surface area (Å²) in [6.07, 6.45) is 0. The number of hydrogen-bond donors (Lipinski definition) is 2. The molecule has 0 fully saturated rings. The van der Waals surface area contributed by atoms with Crippen LogP contribution in [-0.2, 0) is 0 Å². The van der Waals surface area contributed by atoms with Crippen LogP contribution in [-0.4, -0.2) is 13.2 Å². The lowest BCUT2D eigenvalue weighted by molar-refractivity contribution is 0.172. The van der Waals surface area contributed by atoms with E-state index in [1.165, 1.54) is 0 Å². The molecular formula is C14H12Cl2N2O2. The van der Waals surface area contributed by atoms with E-state index in [9.17, 15) is 0 Å². The minimum atomic E-state index is 0.479. The molecule has 0 amide bonds. The second-order valence-corrected chi connectivity index (χ2v) is 5.15. The zero-order valence-corrected chi connectivity index (χ0v) is 12.0. The van der Waals surface area contributed by atoms with Gasteiger partial charge in [0.15, 0.2) is 11.5 Å². The fraction of sp³-hybridized carbons (Fsp3) is 0.143. The molecule has 1 aliphatic rings. The zero-order valence-electron chi connectivity index (χ0n) is 10.5. The molecule has 104 valence electrons. The Kier molecular flexibility index (Phi) is 3.51. The van der Waals surface area contributed by atoms with Crippen molar-refractivity contribution in [1.29, 1.82) is 0 Å². The lowest BCUT2D eigenvalue weighted by Crippen LogP contribution is -2.15. The van der Waals surface area contributed by atoms with E-state index >= 15 is 0 Å². The highest BCUT2D eigenvalue weighted by Crippen LogP contribution is 2.38. The highest BCUT2D eigenvalue weighted by molar-refractivity contribution is 6.42. The molecule has 0 saturated carbocycles. The number of nitrogen functional groups attached to an aromatic ring is 1. The Morgan fingerprint density at radius 3 is 2.35 bits per heavy atom. The summed E-state index contributed by atoms with van der Waals surface area (Å²) in [4.78, 5) is 0. The number of fused-ring (bicyclic) bond motifs is 1. The van der Waals surface area contributed by atoms with Gasteiger partial charge >= 0.3 is 0 Å². The van der Waals surface area contributed by atoms with Crippen molar-refractivity contribution in [3.63, 3.8) is 0 Å². The van der Waals surface area contributed by atoms with E-state index in [1.807, 2.05) is 12.1 Å². The Morgan fingerprint density at radius 2 is 1.65 bits per heavy atom. The molecule has 4 nitrogen and oxygen atoms in total. The third kappa shape index (κ3) is 2.57.